The lowest BCUT2D eigenvalue weighted by Crippen LogP contribution is -2.39. The summed E-state index contributed by atoms with van der Waals surface area (Å²) in [6.07, 6.45) is -5.36. The first-order chi connectivity index (χ1) is 8.23. The van der Waals surface area contributed by atoms with Crippen LogP contribution in [-0.2, 0) is 21.3 Å². The molecule has 0 heterocycles. The average Bonchev–Trinajstić information content (AvgIpc) is 2.29. The van der Waals surface area contributed by atoms with Crippen LogP contribution in [0.3, 0.4) is 0 Å². The van der Waals surface area contributed by atoms with Gasteiger partial charge in [0.2, 0.25) is 0 Å². The predicted octanol–water partition coefficient (Wildman–Crippen LogP) is 2.53. The minimum absolute atomic E-state index is 0.282. The van der Waals surface area contributed by atoms with Crippen LogP contribution in [0.5, 0.6) is 0 Å². The third-order valence-electron chi connectivity index (χ3n) is 2.68. The summed E-state index contributed by atoms with van der Waals surface area (Å²) < 4.78 is 47.0. The molecule has 0 aliphatic heterocycles. The summed E-state index contributed by atoms with van der Waals surface area (Å²) in [6, 6.07) is 4.22. The smallest absolute Gasteiger partial charge is 0.380 e. The van der Waals surface area contributed by atoms with E-state index >= 15 is 0 Å². The second-order valence-corrected chi connectivity index (χ2v) is 4.03. The topological polar surface area (TPSA) is 38.7 Å². The molecule has 1 aromatic carbocycles. The van der Waals surface area contributed by atoms with Gasteiger partial charge in [-0.1, -0.05) is 12.1 Å². The summed E-state index contributed by atoms with van der Waals surface area (Å²) in [7, 11) is 2.68. The lowest BCUT2D eigenvalue weighted by atomic mass is 9.94. The van der Waals surface area contributed by atoms with Crippen LogP contribution in [0.4, 0.5) is 13.2 Å². The molecule has 1 unspecified atom stereocenters. The normalized spacial score (nSPS) is 15.8. The highest BCUT2D eigenvalue weighted by molar-refractivity contribution is 5.28. The highest BCUT2D eigenvalue weighted by Gasteiger charge is 2.36. The van der Waals surface area contributed by atoms with E-state index in [1.54, 1.807) is 0 Å². The summed E-state index contributed by atoms with van der Waals surface area (Å²) in [4.78, 5) is 0. The Labute approximate surface area is 103 Å². The molecule has 102 valence electrons. The first-order valence-electron chi connectivity index (χ1n) is 5.19. The van der Waals surface area contributed by atoms with Gasteiger partial charge in [-0.15, -0.1) is 0 Å². The van der Waals surface area contributed by atoms with Crippen molar-refractivity contribution in [2.24, 2.45) is 0 Å². The SMILES string of the molecule is COC(OC)C(C)(O)c1ccc(C(F)(F)F)cc1. The number of aliphatic hydroxyl groups is 1. The van der Waals surface area contributed by atoms with Crippen LogP contribution >= 0.6 is 0 Å². The Balaban J connectivity index is 3.04. The van der Waals surface area contributed by atoms with Gasteiger partial charge in [0.25, 0.3) is 0 Å². The number of hydrogen-bond donors (Lipinski definition) is 1. The fourth-order valence-corrected chi connectivity index (χ4v) is 1.69. The molecular formula is C12H15F3O3. The van der Waals surface area contributed by atoms with Crippen molar-refractivity contribution >= 4 is 0 Å². The molecule has 0 aromatic heterocycles. The number of methoxy groups -OCH3 is 2. The first kappa shape index (κ1) is 14.9. The van der Waals surface area contributed by atoms with E-state index in [9.17, 15) is 18.3 Å². The van der Waals surface area contributed by atoms with E-state index in [-0.39, 0.29) is 5.56 Å². The van der Waals surface area contributed by atoms with Crippen molar-refractivity contribution in [1.82, 2.24) is 0 Å². The van der Waals surface area contributed by atoms with Crippen LogP contribution in [0.15, 0.2) is 24.3 Å². The summed E-state index contributed by atoms with van der Waals surface area (Å²) >= 11 is 0. The summed E-state index contributed by atoms with van der Waals surface area (Å²) in [6.45, 7) is 1.41. The van der Waals surface area contributed by atoms with Gasteiger partial charge in [0.05, 0.1) is 5.56 Å². The molecule has 0 fully saturated rings. The molecule has 0 aliphatic rings. The van der Waals surface area contributed by atoms with Gasteiger partial charge in [-0.05, 0) is 24.6 Å². The van der Waals surface area contributed by atoms with Gasteiger partial charge in [0, 0.05) is 14.2 Å². The van der Waals surface area contributed by atoms with E-state index in [0.29, 0.717) is 0 Å². The quantitative estimate of drug-likeness (QED) is 0.849. The molecule has 3 nitrogen and oxygen atoms in total. The van der Waals surface area contributed by atoms with Crippen molar-refractivity contribution < 1.29 is 27.8 Å². The van der Waals surface area contributed by atoms with E-state index in [0.717, 1.165) is 12.1 Å². The highest BCUT2D eigenvalue weighted by Crippen LogP contribution is 2.32. The molecule has 18 heavy (non-hydrogen) atoms. The zero-order valence-corrected chi connectivity index (χ0v) is 10.3. The predicted molar refractivity (Wildman–Crippen MR) is 58.8 cm³/mol. The molecule has 6 heteroatoms. The van der Waals surface area contributed by atoms with Crippen molar-refractivity contribution in [3.8, 4) is 0 Å². The van der Waals surface area contributed by atoms with Gasteiger partial charge < -0.3 is 14.6 Å². The number of rotatable bonds is 4. The van der Waals surface area contributed by atoms with E-state index in [4.69, 9.17) is 9.47 Å². The van der Waals surface area contributed by atoms with Crippen molar-refractivity contribution in [2.75, 3.05) is 14.2 Å². The zero-order valence-electron chi connectivity index (χ0n) is 10.3. The molecule has 1 rings (SSSR count). The van der Waals surface area contributed by atoms with E-state index in [2.05, 4.69) is 0 Å². The highest BCUT2D eigenvalue weighted by atomic mass is 19.4. The van der Waals surface area contributed by atoms with Crippen LogP contribution in [0, 0.1) is 0 Å². The van der Waals surface area contributed by atoms with E-state index in [1.165, 1.54) is 33.3 Å². The van der Waals surface area contributed by atoms with Crippen LogP contribution in [0.25, 0.3) is 0 Å². The summed E-state index contributed by atoms with van der Waals surface area (Å²) in [5.74, 6) is 0. The average molecular weight is 264 g/mol. The Morgan fingerprint density at radius 2 is 1.39 bits per heavy atom. The second kappa shape index (κ2) is 5.26. The van der Waals surface area contributed by atoms with Gasteiger partial charge in [0.15, 0.2) is 6.29 Å². The fraction of sp³-hybridized carbons (Fsp3) is 0.500. The van der Waals surface area contributed by atoms with Crippen LogP contribution in [-0.4, -0.2) is 25.6 Å². The number of hydrogen-bond acceptors (Lipinski definition) is 3. The van der Waals surface area contributed by atoms with E-state index < -0.39 is 23.6 Å². The van der Waals surface area contributed by atoms with Crippen LogP contribution < -0.4 is 0 Å². The molecule has 1 N–H and O–H groups in total. The molecule has 0 bridgehead atoms. The van der Waals surface area contributed by atoms with Crippen molar-refractivity contribution in [3.05, 3.63) is 35.4 Å². The number of ether oxygens (including phenoxy) is 2. The van der Waals surface area contributed by atoms with Crippen LogP contribution in [0.1, 0.15) is 18.1 Å². The lowest BCUT2D eigenvalue weighted by molar-refractivity contribution is -0.213. The van der Waals surface area contributed by atoms with Gasteiger partial charge in [-0.25, -0.2) is 0 Å². The first-order valence-corrected chi connectivity index (χ1v) is 5.19. The second-order valence-electron chi connectivity index (χ2n) is 4.03. The van der Waals surface area contributed by atoms with Gasteiger partial charge in [0.1, 0.15) is 5.60 Å². The van der Waals surface area contributed by atoms with Crippen molar-refractivity contribution in [1.29, 1.82) is 0 Å². The lowest BCUT2D eigenvalue weighted by Gasteiger charge is -2.31. The molecule has 0 aliphatic carbocycles. The largest absolute Gasteiger partial charge is 0.416 e. The number of benzene rings is 1. The summed E-state index contributed by atoms with van der Waals surface area (Å²) in [5, 5.41) is 10.2. The third-order valence-corrected chi connectivity index (χ3v) is 2.68. The van der Waals surface area contributed by atoms with Crippen molar-refractivity contribution in [3.63, 3.8) is 0 Å². The van der Waals surface area contributed by atoms with Gasteiger partial charge in [-0.3, -0.25) is 0 Å². The maximum atomic E-state index is 12.4. The Morgan fingerprint density at radius 1 is 1.00 bits per heavy atom. The molecule has 0 saturated carbocycles. The van der Waals surface area contributed by atoms with Crippen molar-refractivity contribution in [2.45, 2.75) is 25.0 Å². The monoisotopic (exact) mass is 264 g/mol. The Bertz CT molecular complexity index is 381. The molecule has 1 aromatic rings. The maximum absolute atomic E-state index is 12.4. The Hall–Kier alpha value is -1.11. The zero-order chi connectivity index (χ0) is 14.0. The molecule has 1 atom stereocenters. The maximum Gasteiger partial charge on any atom is 0.416 e. The fourth-order valence-electron chi connectivity index (χ4n) is 1.69. The van der Waals surface area contributed by atoms with Gasteiger partial charge in [-0.2, -0.15) is 13.2 Å². The molecule has 0 saturated heterocycles. The minimum Gasteiger partial charge on any atom is -0.380 e. The van der Waals surface area contributed by atoms with Crippen LogP contribution in [0.2, 0.25) is 0 Å². The Morgan fingerprint density at radius 3 is 1.72 bits per heavy atom. The number of halogens is 3. The standard InChI is InChI=1S/C12H15F3O3/c1-11(16,10(17-2)18-3)8-4-6-9(7-5-8)12(13,14)15/h4-7,10,16H,1-3H3. The van der Waals surface area contributed by atoms with E-state index in [1.807, 2.05) is 0 Å². The molecular weight excluding hydrogens is 249 g/mol. The summed E-state index contributed by atoms with van der Waals surface area (Å²) in [5.41, 5.74) is -2.02. The molecule has 0 spiro atoms. The van der Waals surface area contributed by atoms with Gasteiger partial charge >= 0.3 is 6.18 Å². The third kappa shape index (κ3) is 3.01. The Kier molecular flexibility index (Phi) is 4.37. The molecule has 0 amide bonds. The minimum atomic E-state index is -4.40. The number of alkyl halides is 3. The molecule has 0 radical (unpaired) electrons.